The van der Waals surface area contributed by atoms with E-state index in [0.29, 0.717) is 0 Å². The fourth-order valence-corrected chi connectivity index (χ4v) is 2.23. The van der Waals surface area contributed by atoms with Crippen molar-refractivity contribution in [3.63, 3.8) is 0 Å². The molecule has 0 saturated heterocycles. The SMILES string of the molecule is Cc1nnc2sc(/C=C/c3cccnc3)nn12. The summed E-state index contributed by atoms with van der Waals surface area (Å²) in [7, 11) is 0. The minimum Gasteiger partial charge on any atom is -0.264 e. The summed E-state index contributed by atoms with van der Waals surface area (Å²) < 4.78 is 1.74. The molecule has 3 aromatic rings. The summed E-state index contributed by atoms with van der Waals surface area (Å²) in [5.41, 5.74) is 1.05. The highest BCUT2D eigenvalue weighted by Crippen LogP contribution is 2.16. The summed E-state index contributed by atoms with van der Waals surface area (Å²) in [6.45, 7) is 1.88. The molecule has 0 aromatic carbocycles. The van der Waals surface area contributed by atoms with Gasteiger partial charge in [-0.15, -0.1) is 10.2 Å². The number of hydrogen-bond acceptors (Lipinski definition) is 5. The largest absolute Gasteiger partial charge is 0.264 e. The van der Waals surface area contributed by atoms with E-state index in [1.807, 2.05) is 37.4 Å². The van der Waals surface area contributed by atoms with Crippen LogP contribution in [0.15, 0.2) is 24.5 Å². The van der Waals surface area contributed by atoms with Crippen LogP contribution in [0.1, 0.15) is 16.4 Å². The lowest BCUT2D eigenvalue weighted by Crippen LogP contribution is -1.87. The first-order chi connectivity index (χ1) is 8.33. The van der Waals surface area contributed by atoms with Crippen LogP contribution < -0.4 is 0 Å². The molecule has 0 saturated carbocycles. The van der Waals surface area contributed by atoms with Crippen molar-refractivity contribution in [3.05, 3.63) is 40.9 Å². The Kier molecular flexibility index (Phi) is 2.41. The van der Waals surface area contributed by atoms with E-state index in [1.54, 1.807) is 10.7 Å². The molecule has 84 valence electrons. The number of aromatic nitrogens is 5. The monoisotopic (exact) mass is 243 g/mol. The summed E-state index contributed by atoms with van der Waals surface area (Å²) >= 11 is 1.51. The van der Waals surface area contributed by atoms with Gasteiger partial charge in [0.05, 0.1) is 0 Å². The Hall–Kier alpha value is -2.08. The van der Waals surface area contributed by atoms with E-state index < -0.39 is 0 Å². The molecule has 0 fully saturated rings. The van der Waals surface area contributed by atoms with E-state index >= 15 is 0 Å². The Morgan fingerprint density at radius 2 is 2.24 bits per heavy atom. The highest BCUT2D eigenvalue weighted by atomic mass is 32.1. The summed E-state index contributed by atoms with van der Waals surface area (Å²) in [6, 6.07) is 3.90. The van der Waals surface area contributed by atoms with Gasteiger partial charge in [0.1, 0.15) is 5.01 Å². The molecule has 3 aromatic heterocycles. The zero-order valence-corrected chi connectivity index (χ0v) is 9.92. The summed E-state index contributed by atoms with van der Waals surface area (Å²) in [6.07, 6.45) is 7.50. The Morgan fingerprint density at radius 3 is 3.00 bits per heavy atom. The van der Waals surface area contributed by atoms with Gasteiger partial charge in [0, 0.05) is 12.4 Å². The molecule has 0 aliphatic carbocycles. The maximum absolute atomic E-state index is 4.39. The molecule has 0 atom stereocenters. The molecule has 0 unspecified atom stereocenters. The van der Waals surface area contributed by atoms with Crippen LogP contribution in [0.25, 0.3) is 17.1 Å². The van der Waals surface area contributed by atoms with Crippen LogP contribution in [0.2, 0.25) is 0 Å². The normalized spacial score (nSPS) is 11.6. The molecule has 0 N–H and O–H groups in total. The first-order valence-corrected chi connectivity index (χ1v) is 5.91. The van der Waals surface area contributed by atoms with E-state index in [9.17, 15) is 0 Å². The van der Waals surface area contributed by atoms with Gasteiger partial charge in [-0.25, -0.2) is 0 Å². The molecule has 0 spiro atoms. The van der Waals surface area contributed by atoms with Gasteiger partial charge in [0.2, 0.25) is 4.96 Å². The molecule has 0 aliphatic heterocycles. The lowest BCUT2D eigenvalue weighted by Gasteiger charge is -1.88. The molecule has 0 bridgehead atoms. The van der Waals surface area contributed by atoms with Crippen molar-refractivity contribution in [3.8, 4) is 0 Å². The van der Waals surface area contributed by atoms with Crippen molar-refractivity contribution in [2.45, 2.75) is 6.92 Å². The second-order valence-electron chi connectivity index (χ2n) is 3.50. The molecule has 6 heteroatoms. The highest BCUT2D eigenvalue weighted by molar-refractivity contribution is 7.17. The molecule has 0 radical (unpaired) electrons. The number of nitrogens with zero attached hydrogens (tertiary/aromatic N) is 5. The second-order valence-corrected chi connectivity index (χ2v) is 4.49. The third kappa shape index (κ3) is 1.94. The molecule has 3 rings (SSSR count). The fourth-order valence-electron chi connectivity index (χ4n) is 1.44. The third-order valence-corrected chi connectivity index (χ3v) is 3.13. The third-order valence-electron chi connectivity index (χ3n) is 2.27. The minimum atomic E-state index is 0.803. The number of aryl methyl sites for hydroxylation is 1. The van der Waals surface area contributed by atoms with Crippen LogP contribution >= 0.6 is 11.3 Å². The maximum atomic E-state index is 4.39. The Morgan fingerprint density at radius 1 is 1.29 bits per heavy atom. The number of pyridine rings is 1. The van der Waals surface area contributed by atoms with Gasteiger partial charge in [-0.3, -0.25) is 4.98 Å². The molecule has 5 nitrogen and oxygen atoms in total. The Labute approximate surface area is 101 Å². The van der Waals surface area contributed by atoms with Gasteiger partial charge in [-0.05, 0) is 24.6 Å². The van der Waals surface area contributed by atoms with Gasteiger partial charge in [0.15, 0.2) is 5.82 Å². The zero-order valence-electron chi connectivity index (χ0n) is 9.11. The van der Waals surface area contributed by atoms with Crippen molar-refractivity contribution in [2.75, 3.05) is 0 Å². The molecular weight excluding hydrogens is 234 g/mol. The maximum Gasteiger partial charge on any atom is 0.234 e. The van der Waals surface area contributed by atoms with Gasteiger partial charge < -0.3 is 0 Å². The van der Waals surface area contributed by atoms with Gasteiger partial charge in [0.25, 0.3) is 0 Å². The van der Waals surface area contributed by atoms with Crippen molar-refractivity contribution < 1.29 is 0 Å². The second kappa shape index (κ2) is 4.06. The summed E-state index contributed by atoms with van der Waals surface area (Å²) in [4.78, 5) is 4.86. The van der Waals surface area contributed by atoms with E-state index in [1.165, 1.54) is 11.3 Å². The minimum absolute atomic E-state index is 0.803. The number of rotatable bonds is 2. The molecule has 0 amide bonds. The lowest BCUT2D eigenvalue weighted by molar-refractivity contribution is 0.890. The lowest BCUT2D eigenvalue weighted by atomic mass is 10.3. The van der Waals surface area contributed by atoms with Crippen LogP contribution in [0.5, 0.6) is 0 Å². The topological polar surface area (TPSA) is 56.0 Å². The van der Waals surface area contributed by atoms with E-state index in [-0.39, 0.29) is 0 Å². The van der Waals surface area contributed by atoms with Crippen molar-refractivity contribution in [1.29, 1.82) is 0 Å². The first-order valence-electron chi connectivity index (χ1n) is 5.10. The van der Waals surface area contributed by atoms with Crippen LogP contribution in [0.3, 0.4) is 0 Å². The van der Waals surface area contributed by atoms with Crippen LogP contribution in [0.4, 0.5) is 0 Å². The van der Waals surface area contributed by atoms with Crippen molar-refractivity contribution in [2.24, 2.45) is 0 Å². The average Bonchev–Trinajstić information content (AvgIpc) is 2.91. The average molecular weight is 243 g/mol. The van der Waals surface area contributed by atoms with Crippen LogP contribution in [-0.2, 0) is 0 Å². The van der Waals surface area contributed by atoms with Gasteiger partial charge in [-0.2, -0.15) is 9.61 Å². The molecular formula is C11H9N5S. The zero-order chi connectivity index (χ0) is 11.7. The fraction of sp³-hybridized carbons (Fsp3) is 0.0909. The van der Waals surface area contributed by atoms with Crippen molar-refractivity contribution in [1.82, 2.24) is 24.8 Å². The van der Waals surface area contributed by atoms with Crippen molar-refractivity contribution >= 4 is 28.4 Å². The smallest absolute Gasteiger partial charge is 0.234 e. The first kappa shape index (κ1) is 10.1. The standard InChI is InChI=1S/C11H9N5S/c1-8-13-14-11-16(8)15-10(17-11)5-4-9-3-2-6-12-7-9/h2-7H,1H3/b5-4+. The van der Waals surface area contributed by atoms with Gasteiger partial charge in [-0.1, -0.05) is 23.5 Å². The van der Waals surface area contributed by atoms with E-state index in [0.717, 1.165) is 21.4 Å². The van der Waals surface area contributed by atoms with Crippen LogP contribution in [0, 0.1) is 6.92 Å². The summed E-state index contributed by atoms with van der Waals surface area (Å²) in [5, 5.41) is 13.3. The summed E-state index contributed by atoms with van der Waals surface area (Å²) in [5.74, 6) is 0.803. The molecule has 3 heterocycles. The van der Waals surface area contributed by atoms with E-state index in [4.69, 9.17) is 0 Å². The molecule has 17 heavy (non-hydrogen) atoms. The Bertz CT molecular complexity index is 668. The quantitative estimate of drug-likeness (QED) is 0.691. The van der Waals surface area contributed by atoms with Crippen LogP contribution in [-0.4, -0.2) is 24.8 Å². The van der Waals surface area contributed by atoms with E-state index in [2.05, 4.69) is 20.3 Å². The molecule has 0 aliphatic rings. The Balaban J connectivity index is 1.92. The number of fused-ring (bicyclic) bond motifs is 1. The number of hydrogen-bond donors (Lipinski definition) is 0. The highest BCUT2D eigenvalue weighted by Gasteiger charge is 2.05. The van der Waals surface area contributed by atoms with Gasteiger partial charge >= 0.3 is 0 Å². The predicted octanol–water partition coefficient (Wildman–Crippen LogP) is 2.06. The predicted molar refractivity (Wildman–Crippen MR) is 66.6 cm³/mol.